The van der Waals surface area contributed by atoms with Crippen LogP contribution in [0.2, 0.25) is 0 Å². The molecule has 4 rings (SSSR count). The molecule has 1 saturated carbocycles. The number of rotatable bonds is 4. The summed E-state index contributed by atoms with van der Waals surface area (Å²) in [5.41, 5.74) is 1.06. The van der Waals surface area contributed by atoms with Gasteiger partial charge >= 0.3 is 0 Å². The van der Waals surface area contributed by atoms with Crippen molar-refractivity contribution in [2.75, 3.05) is 0 Å². The second kappa shape index (κ2) is 4.61. The third-order valence-corrected chi connectivity index (χ3v) is 5.05. The molecule has 4 nitrogen and oxygen atoms in total. The third kappa shape index (κ3) is 2.37. The van der Waals surface area contributed by atoms with Gasteiger partial charge in [-0.2, -0.15) is 0 Å². The summed E-state index contributed by atoms with van der Waals surface area (Å²) in [5, 5.41) is 9.90. The molecule has 3 aromatic rings. The summed E-state index contributed by atoms with van der Waals surface area (Å²) in [4.78, 5) is 4.59. The van der Waals surface area contributed by atoms with E-state index in [0.717, 1.165) is 22.2 Å². The Morgan fingerprint density at radius 3 is 3.00 bits per heavy atom. The first-order chi connectivity index (χ1) is 9.38. The largest absolute Gasteiger partial charge is 0.416 e. The van der Waals surface area contributed by atoms with Crippen LogP contribution in [0.25, 0.3) is 10.2 Å². The Hall–Kier alpha value is -1.40. The molecular formula is C13H11N3OS2. The SMILES string of the molecule is c1ccc2sc(CSc3nnc(C4CC4)o3)nc2c1. The van der Waals surface area contributed by atoms with Gasteiger partial charge in [-0.3, -0.25) is 0 Å². The lowest BCUT2D eigenvalue weighted by molar-refractivity contribution is 0.414. The number of para-hydroxylation sites is 1. The van der Waals surface area contributed by atoms with Crippen molar-refractivity contribution in [3.8, 4) is 0 Å². The molecule has 1 aliphatic rings. The number of hydrogen-bond acceptors (Lipinski definition) is 6. The molecule has 6 heteroatoms. The van der Waals surface area contributed by atoms with Gasteiger partial charge in [-0.05, 0) is 25.0 Å². The molecule has 1 aromatic carbocycles. The van der Waals surface area contributed by atoms with Crippen LogP contribution in [0.4, 0.5) is 0 Å². The molecule has 0 spiro atoms. The molecule has 19 heavy (non-hydrogen) atoms. The molecule has 0 unspecified atom stereocenters. The van der Waals surface area contributed by atoms with Gasteiger partial charge in [0.25, 0.3) is 5.22 Å². The van der Waals surface area contributed by atoms with E-state index in [1.165, 1.54) is 17.5 Å². The van der Waals surface area contributed by atoms with Gasteiger partial charge in [-0.15, -0.1) is 21.5 Å². The Bertz CT molecular complexity index is 684. The Morgan fingerprint density at radius 2 is 2.16 bits per heavy atom. The Kier molecular flexibility index (Phi) is 2.77. The molecule has 0 N–H and O–H groups in total. The minimum atomic E-state index is 0.518. The lowest BCUT2D eigenvalue weighted by atomic mass is 10.3. The molecule has 0 aliphatic heterocycles. The first-order valence-corrected chi connectivity index (χ1v) is 7.99. The number of thioether (sulfide) groups is 1. The molecule has 0 saturated heterocycles. The number of benzene rings is 1. The minimum Gasteiger partial charge on any atom is -0.416 e. The van der Waals surface area contributed by atoms with Crippen molar-refractivity contribution < 1.29 is 4.42 Å². The van der Waals surface area contributed by atoms with Gasteiger partial charge in [-0.25, -0.2) is 4.98 Å². The molecule has 2 heterocycles. The van der Waals surface area contributed by atoms with Crippen LogP contribution >= 0.6 is 23.1 Å². The summed E-state index contributed by atoms with van der Waals surface area (Å²) in [6.07, 6.45) is 2.37. The zero-order valence-corrected chi connectivity index (χ0v) is 11.7. The summed E-state index contributed by atoms with van der Waals surface area (Å²) in [5.74, 6) is 2.10. The van der Waals surface area contributed by atoms with E-state index in [1.54, 1.807) is 23.1 Å². The molecule has 0 radical (unpaired) electrons. The second-order valence-corrected chi connectivity index (χ2v) is 6.59. The van der Waals surface area contributed by atoms with Crippen LogP contribution in [-0.2, 0) is 5.75 Å². The minimum absolute atomic E-state index is 0.518. The molecule has 1 aliphatic carbocycles. The highest BCUT2D eigenvalue weighted by atomic mass is 32.2. The van der Waals surface area contributed by atoms with Crippen molar-refractivity contribution in [1.82, 2.24) is 15.2 Å². The molecule has 0 amide bonds. The van der Waals surface area contributed by atoms with Crippen LogP contribution in [-0.4, -0.2) is 15.2 Å². The van der Waals surface area contributed by atoms with Crippen LogP contribution in [0.15, 0.2) is 33.9 Å². The zero-order chi connectivity index (χ0) is 12.7. The van der Waals surface area contributed by atoms with E-state index in [9.17, 15) is 0 Å². The predicted octanol–water partition coefficient (Wildman–Crippen LogP) is 3.85. The maximum absolute atomic E-state index is 5.62. The zero-order valence-electron chi connectivity index (χ0n) is 10.1. The number of fused-ring (bicyclic) bond motifs is 1. The van der Waals surface area contributed by atoms with Gasteiger partial charge in [-0.1, -0.05) is 23.9 Å². The quantitative estimate of drug-likeness (QED) is 0.683. The highest BCUT2D eigenvalue weighted by Crippen LogP contribution is 2.40. The smallest absolute Gasteiger partial charge is 0.276 e. The number of nitrogens with zero attached hydrogens (tertiary/aromatic N) is 3. The van der Waals surface area contributed by atoms with Crippen molar-refractivity contribution in [3.63, 3.8) is 0 Å². The highest BCUT2D eigenvalue weighted by Gasteiger charge is 2.29. The van der Waals surface area contributed by atoms with Crippen LogP contribution < -0.4 is 0 Å². The number of hydrogen-bond donors (Lipinski definition) is 0. The second-order valence-electron chi connectivity index (χ2n) is 4.54. The fourth-order valence-corrected chi connectivity index (χ4v) is 3.61. The first-order valence-electron chi connectivity index (χ1n) is 6.19. The van der Waals surface area contributed by atoms with E-state index in [1.807, 2.05) is 18.2 Å². The van der Waals surface area contributed by atoms with Crippen LogP contribution in [0.3, 0.4) is 0 Å². The van der Waals surface area contributed by atoms with E-state index in [0.29, 0.717) is 11.1 Å². The van der Waals surface area contributed by atoms with Crippen molar-refractivity contribution in [3.05, 3.63) is 35.2 Å². The van der Waals surface area contributed by atoms with Crippen LogP contribution in [0, 0.1) is 0 Å². The summed E-state index contributed by atoms with van der Waals surface area (Å²) in [6.45, 7) is 0. The third-order valence-electron chi connectivity index (χ3n) is 3.01. The van der Waals surface area contributed by atoms with Gasteiger partial charge in [0.15, 0.2) is 0 Å². The maximum Gasteiger partial charge on any atom is 0.276 e. The lowest BCUT2D eigenvalue weighted by Crippen LogP contribution is -1.78. The number of thiazole rings is 1. The normalized spacial score (nSPS) is 15.2. The van der Waals surface area contributed by atoms with Crippen molar-refractivity contribution >= 4 is 33.3 Å². The predicted molar refractivity (Wildman–Crippen MR) is 75.5 cm³/mol. The van der Waals surface area contributed by atoms with E-state index < -0.39 is 0 Å². The van der Waals surface area contributed by atoms with Crippen LogP contribution in [0.5, 0.6) is 0 Å². The summed E-state index contributed by atoms with van der Waals surface area (Å²) >= 11 is 3.28. The topological polar surface area (TPSA) is 51.8 Å². The van der Waals surface area contributed by atoms with Gasteiger partial charge in [0.1, 0.15) is 5.01 Å². The summed E-state index contributed by atoms with van der Waals surface area (Å²) < 4.78 is 6.85. The van der Waals surface area contributed by atoms with Gasteiger partial charge in [0.05, 0.1) is 16.0 Å². The maximum atomic E-state index is 5.62. The molecule has 1 fully saturated rings. The molecule has 0 bridgehead atoms. The van der Waals surface area contributed by atoms with E-state index >= 15 is 0 Å². The monoisotopic (exact) mass is 289 g/mol. The fourth-order valence-electron chi connectivity index (χ4n) is 1.88. The Labute approximate surface area is 118 Å². The van der Waals surface area contributed by atoms with Gasteiger partial charge in [0, 0.05) is 5.92 Å². The van der Waals surface area contributed by atoms with Gasteiger partial charge in [0.2, 0.25) is 5.89 Å². The molecule has 0 atom stereocenters. The molecule has 96 valence electrons. The van der Waals surface area contributed by atoms with E-state index in [2.05, 4.69) is 21.2 Å². The standard InChI is InChI=1S/C13H11N3OS2/c1-2-4-10-9(3-1)14-11(19-10)7-18-13-16-15-12(17-13)8-5-6-8/h1-4,8H,5-7H2. The Morgan fingerprint density at radius 1 is 1.26 bits per heavy atom. The fraction of sp³-hybridized carbons (Fsp3) is 0.308. The van der Waals surface area contributed by atoms with Crippen LogP contribution in [0.1, 0.15) is 29.7 Å². The number of aromatic nitrogens is 3. The van der Waals surface area contributed by atoms with E-state index in [-0.39, 0.29) is 0 Å². The van der Waals surface area contributed by atoms with Crippen molar-refractivity contribution in [2.45, 2.75) is 29.7 Å². The molecular weight excluding hydrogens is 278 g/mol. The molecule has 2 aromatic heterocycles. The average Bonchev–Trinajstić information content (AvgIpc) is 3.03. The highest BCUT2D eigenvalue weighted by molar-refractivity contribution is 7.98. The summed E-state index contributed by atoms with van der Waals surface area (Å²) in [7, 11) is 0. The Balaban J connectivity index is 1.48. The van der Waals surface area contributed by atoms with Gasteiger partial charge < -0.3 is 4.42 Å². The van der Waals surface area contributed by atoms with Crippen molar-refractivity contribution in [2.24, 2.45) is 0 Å². The van der Waals surface area contributed by atoms with Crippen molar-refractivity contribution in [1.29, 1.82) is 0 Å². The first kappa shape index (κ1) is 11.4. The van der Waals surface area contributed by atoms with E-state index in [4.69, 9.17) is 4.42 Å². The summed E-state index contributed by atoms with van der Waals surface area (Å²) in [6, 6.07) is 8.19. The lowest BCUT2D eigenvalue weighted by Gasteiger charge is -1.90. The average molecular weight is 289 g/mol.